The molecule has 1 heterocycles. The van der Waals surface area contributed by atoms with Crippen molar-refractivity contribution in [1.82, 2.24) is 4.98 Å². The van der Waals surface area contributed by atoms with Crippen molar-refractivity contribution in [2.45, 2.75) is 59.5 Å². The van der Waals surface area contributed by atoms with Crippen LogP contribution >= 0.6 is 11.3 Å². The quantitative estimate of drug-likeness (QED) is 0.891. The third-order valence-electron chi connectivity index (χ3n) is 3.87. The Hall–Kier alpha value is -1.19. The second kappa shape index (κ2) is 5.90. The molecule has 114 valence electrons. The fourth-order valence-electron chi connectivity index (χ4n) is 2.46. The first kappa shape index (κ1) is 16.2. The van der Waals surface area contributed by atoms with E-state index in [1.165, 1.54) is 22.3 Å². The molecular weight excluding hydrogens is 278 g/mol. The molecule has 1 aromatic heterocycles. The lowest BCUT2D eigenvalue weighted by Gasteiger charge is -2.22. The molecule has 0 radical (unpaired) electrons. The average Bonchev–Trinajstić information content (AvgIpc) is 2.81. The summed E-state index contributed by atoms with van der Waals surface area (Å²) < 4.78 is 0. The summed E-state index contributed by atoms with van der Waals surface area (Å²) in [6.07, 6.45) is 2.21. The van der Waals surface area contributed by atoms with E-state index in [4.69, 9.17) is 0 Å². The number of aryl methyl sites for hydroxylation is 2. The smallest absolute Gasteiger partial charge is 0.0972 e. The van der Waals surface area contributed by atoms with Crippen LogP contribution in [0, 0.1) is 13.8 Å². The standard InChI is InChI=1S/C18H25NOS/c1-11-7-14(18(4,5)6)8-12(2)15(11)9-17-19-10-16(21-17)13(3)20/h7-8,10,13,20H,9H2,1-6H3. The van der Waals surface area contributed by atoms with Gasteiger partial charge >= 0.3 is 0 Å². The highest BCUT2D eigenvalue weighted by Gasteiger charge is 2.17. The maximum Gasteiger partial charge on any atom is 0.0972 e. The Morgan fingerprint density at radius 2 is 1.76 bits per heavy atom. The molecule has 0 amide bonds. The Labute approximate surface area is 131 Å². The molecule has 0 bridgehead atoms. The van der Waals surface area contributed by atoms with E-state index < -0.39 is 6.10 Å². The molecule has 0 saturated heterocycles. The third kappa shape index (κ3) is 3.72. The van der Waals surface area contributed by atoms with E-state index in [9.17, 15) is 5.11 Å². The van der Waals surface area contributed by atoms with Gasteiger partial charge in [-0.25, -0.2) is 4.98 Å². The molecular formula is C18H25NOS. The van der Waals surface area contributed by atoms with Crippen LogP contribution in [0.25, 0.3) is 0 Å². The van der Waals surface area contributed by atoms with Gasteiger partial charge in [-0.1, -0.05) is 32.9 Å². The van der Waals surface area contributed by atoms with Crippen molar-refractivity contribution in [3.8, 4) is 0 Å². The number of aliphatic hydroxyl groups excluding tert-OH is 1. The molecule has 3 heteroatoms. The zero-order valence-corrected chi connectivity index (χ0v) is 14.6. The summed E-state index contributed by atoms with van der Waals surface area (Å²) in [6, 6.07) is 4.59. The van der Waals surface area contributed by atoms with Crippen molar-refractivity contribution in [1.29, 1.82) is 0 Å². The van der Waals surface area contributed by atoms with Crippen molar-refractivity contribution in [3.63, 3.8) is 0 Å². The van der Waals surface area contributed by atoms with Crippen molar-refractivity contribution < 1.29 is 5.11 Å². The predicted octanol–water partition coefficient (Wildman–Crippen LogP) is 4.70. The minimum absolute atomic E-state index is 0.175. The van der Waals surface area contributed by atoms with Crippen LogP contribution in [0.1, 0.15) is 65.9 Å². The van der Waals surface area contributed by atoms with E-state index in [0.717, 1.165) is 16.3 Å². The molecule has 2 rings (SSSR count). The number of nitrogens with zero attached hydrogens (tertiary/aromatic N) is 1. The van der Waals surface area contributed by atoms with Crippen molar-refractivity contribution in [2.24, 2.45) is 0 Å². The van der Waals surface area contributed by atoms with Gasteiger partial charge in [0.1, 0.15) is 0 Å². The molecule has 1 atom stereocenters. The normalized spacial score (nSPS) is 13.5. The topological polar surface area (TPSA) is 33.1 Å². The molecule has 0 saturated carbocycles. The number of benzene rings is 1. The number of rotatable bonds is 3. The first-order valence-electron chi connectivity index (χ1n) is 7.41. The zero-order chi connectivity index (χ0) is 15.8. The van der Waals surface area contributed by atoms with Crippen LogP contribution in [-0.2, 0) is 11.8 Å². The maximum atomic E-state index is 9.61. The van der Waals surface area contributed by atoms with Gasteiger partial charge in [-0.15, -0.1) is 11.3 Å². The van der Waals surface area contributed by atoms with E-state index in [1.807, 2.05) is 0 Å². The lowest BCUT2D eigenvalue weighted by Crippen LogP contribution is -2.12. The van der Waals surface area contributed by atoms with Crippen LogP contribution in [0.4, 0.5) is 0 Å². The van der Waals surface area contributed by atoms with Gasteiger partial charge in [-0.05, 0) is 48.4 Å². The fraction of sp³-hybridized carbons (Fsp3) is 0.500. The van der Waals surface area contributed by atoms with E-state index >= 15 is 0 Å². The number of aromatic nitrogens is 1. The van der Waals surface area contributed by atoms with Crippen LogP contribution < -0.4 is 0 Å². The van der Waals surface area contributed by atoms with E-state index in [0.29, 0.717) is 0 Å². The summed E-state index contributed by atoms with van der Waals surface area (Å²) in [5, 5.41) is 10.7. The molecule has 0 spiro atoms. The summed E-state index contributed by atoms with van der Waals surface area (Å²) in [5.74, 6) is 0. The predicted molar refractivity (Wildman–Crippen MR) is 90.2 cm³/mol. The van der Waals surface area contributed by atoms with Gasteiger partial charge in [-0.3, -0.25) is 0 Å². The van der Waals surface area contributed by atoms with Gasteiger partial charge in [0, 0.05) is 12.6 Å². The Bertz CT molecular complexity index is 612. The molecule has 2 aromatic rings. The van der Waals surface area contributed by atoms with Crippen LogP contribution in [0.2, 0.25) is 0 Å². The number of hydrogen-bond acceptors (Lipinski definition) is 3. The van der Waals surface area contributed by atoms with Gasteiger partial charge < -0.3 is 5.11 Å². The molecule has 0 aliphatic heterocycles. The highest BCUT2D eigenvalue weighted by atomic mass is 32.1. The summed E-state index contributed by atoms with van der Waals surface area (Å²) in [6.45, 7) is 12.9. The van der Waals surface area contributed by atoms with Gasteiger partial charge in [0.2, 0.25) is 0 Å². The molecule has 21 heavy (non-hydrogen) atoms. The summed E-state index contributed by atoms with van der Waals surface area (Å²) in [4.78, 5) is 5.38. The second-order valence-corrected chi connectivity index (χ2v) is 7.99. The number of hydrogen-bond donors (Lipinski definition) is 1. The highest BCUT2D eigenvalue weighted by molar-refractivity contribution is 7.11. The van der Waals surface area contributed by atoms with Crippen molar-refractivity contribution in [2.75, 3.05) is 0 Å². The molecule has 0 aliphatic carbocycles. The molecule has 1 aromatic carbocycles. The van der Waals surface area contributed by atoms with Crippen LogP contribution in [-0.4, -0.2) is 10.1 Å². The van der Waals surface area contributed by atoms with Gasteiger partial charge in [0.05, 0.1) is 16.0 Å². The monoisotopic (exact) mass is 303 g/mol. The van der Waals surface area contributed by atoms with Crippen LogP contribution in [0.15, 0.2) is 18.3 Å². The minimum atomic E-state index is -0.429. The molecule has 1 unspecified atom stereocenters. The molecule has 0 fully saturated rings. The van der Waals surface area contributed by atoms with Crippen LogP contribution in [0.3, 0.4) is 0 Å². The Kier molecular flexibility index (Phi) is 4.54. The van der Waals surface area contributed by atoms with Crippen LogP contribution in [0.5, 0.6) is 0 Å². The molecule has 1 N–H and O–H groups in total. The summed E-state index contributed by atoms with van der Waals surface area (Å²) >= 11 is 1.60. The van der Waals surface area contributed by atoms with E-state index in [1.54, 1.807) is 24.5 Å². The average molecular weight is 303 g/mol. The summed E-state index contributed by atoms with van der Waals surface area (Å²) in [7, 11) is 0. The Morgan fingerprint density at radius 1 is 1.19 bits per heavy atom. The Balaban J connectivity index is 2.32. The lowest BCUT2D eigenvalue weighted by atomic mass is 9.83. The Morgan fingerprint density at radius 3 is 2.19 bits per heavy atom. The minimum Gasteiger partial charge on any atom is -0.388 e. The zero-order valence-electron chi connectivity index (χ0n) is 13.8. The van der Waals surface area contributed by atoms with Crippen molar-refractivity contribution >= 4 is 11.3 Å². The van der Waals surface area contributed by atoms with E-state index in [2.05, 4.69) is 51.7 Å². The highest BCUT2D eigenvalue weighted by Crippen LogP contribution is 2.29. The lowest BCUT2D eigenvalue weighted by molar-refractivity contribution is 0.203. The van der Waals surface area contributed by atoms with Crippen molar-refractivity contribution in [3.05, 3.63) is 50.5 Å². The number of thiazole rings is 1. The van der Waals surface area contributed by atoms with E-state index in [-0.39, 0.29) is 5.41 Å². The van der Waals surface area contributed by atoms with Gasteiger partial charge in [-0.2, -0.15) is 0 Å². The first-order valence-corrected chi connectivity index (χ1v) is 8.23. The fourth-order valence-corrected chi connectivity index (χ4v) is 3.33. The molecule has 0 aliphatic rings. The maximum absolute atomic E-state index is 9.61. The first-order chi connectivity index (χ1) is 9.68. The SMILES string of the molecule is Cc1cc(C(C)(C)C)cc(C)c1Cc1ncc(C(C)O)s1. The number of aliphatic hydroxyl groups is 1. The van der Waals surface area contributed by atoms with Gasteiger partial charge in [0.15, 0.2) is 0 Å². The summed E-state index contributed by atoms with van der Waals surface area (Å²) in [5.41, 5.74) is 5.57. The van der Waals surface area contributed by atoms with Gasteiger partial charge in [0.25, 0.3) is 0 Å². The second-order valence-electron chi connectivity index (χ2n) is 6.85. The largest absolute Gasteiger partial charge is 0.388 e. The third-order valence-corrected chi connectivity index (χ3v) is 5.04. The molecule has 2 nitrogen and oxygen atoms in total.